The molecule has 8 heteroatoms. The summed E-state index contributed by atoms with van der Waals surface area (Å²) in [5.41, 5.74) is -0.288. The molecule has 1 aromatic rings. The number of nitrogens with zero attached hydrogens (tertiary/aromatic N) is 1. The van der Waals surface area contributed by atoms with Gasteiger partial charge in [-0.15, -0.1) is 12.4 Å². The smallest absolute Gasteiger partial charge is 0.410 e. The number of ether oxygens (including phenoxy) is 2. The van der Waals surface area contributed by atoms with Crippen molar-refractivity contribution in [3.05, 3.63) is 29.3 Å². The summed E-state index contributed by atoms with van der Waals surface area (Å²) in [7, 11) is 0. The van der Waals surface area contributed by atoms with Gasteiger partial charge in [-0.05, 0) is 30.9 Å². The fourth-order valence-electron chi connectivity index (χ4n) is 2.81. The first-order valence-corrected chi connectivity index (χ1v) is 9.17. The number of carbonyl (C=O) groups excluding carboxylic acids is 1. The minimum atomic E-state index is -0.811. The van der Waals surface area contributed by atoms with Gasteiger partial charge in [0.1, 0.15) is 12.4 Å². The predicted molar refractivity (Wildman–Crippen MR) is 102 cm³/mol. The lowest BCUT2D eigenvalue weighted by Gasteiger charge is -2.34. The van der Waals surface area contributed by atoms with Crippen LogP contribution >= 0.6 is 12.4 Å². The summed E-state index contributed by atoms with van der Waals surface area (Å²) < 4.78 is 39.1. The van der Waals surface area contributed by atoms with Crippen molar-refractivity contribution in [1.82, 2.24) is 10.2 Å². The van der Waals surface area contributed by atoms with Crippen molar-refractivity contribution in [1.29, 1.82) is 0 Å². The third-order valence-corrected chi connectivity index (χ3v) is 4.50. The zero-order valence-corrected chi connectivity index (χ0v) is 16.9. The maximum Gasteiger partial charge on any atom is 0.410 e. The van der Waals surface area contributed by atoms with E-state index in [0.717, 1.165) is 18.9 Å². The number of amides is 1. The Kier molecular flexibility index (Phi) is 9.80. The lowest BCUT2D eigenvalue weighted by atomic mass is 10.1. The molecule has 1 heterocycles. The van der Waals surface area contributed by atoms with E-state index < -0.39 is 24.3 Å². The fraction of sp³-hybridized carbons (Fsp3) is 0.632. The van der Waals surface area contributed by atoms with E-state index in [9.17, 15) is 13.6 Å². The summed E-state index contributed by atoms with van der Waals surface area (Å²) in [6, 6.07) is 2.42. The van der Waals surface area contributed by atoms with Gasteiger partial charge in [0.2, 0.25) is 0 Å². The monoisotopic (exact) mass is 406 g/mol. The van der Waals surface area contributed by atoms with Crippen LogP contribution in [0, 0.1) is 17.6 Å². The number of benzene rings is 1. The second-order valence-corrected chi connectivity index (χ2v) is 6.88. The van der Waals surface area contributed by atoms with Gasteiger partial charge in [-0.3, -0.25) is 0 Å². The van der Waals surface area contributed by atoms with E-state index in [0.29, 0.717) is 32.2 Å². The summed E-state index contributed by atoms with van der Waals surface area (Å²) >= 11 is 0. The normalized spacial score (nSPS) is 16.8. The molecule has 27 heavy (non-hydrogen) atoms. The van der Waals surface area contributed by atoms with Crippen molar-refractivity contribution >= 4 is 18.5 Å². The van der Waals surface area contributed by atoms with Crippen molar-refractivity contribution in [3.8, 4) is 5.75 Å². The average molecular weight is 407 g/mol. The molecule has 1 amide bonds. The van der Waals surface area contributed by atoms with Crippen LogP contribution in [0.1, 0.15) is 39.2 Å². The van der Waals surface area contributed by atoms with Gasteiger partial charge in [0.05, 0.1) is 12.2 Å². The van der Waals surface area contributed by atoms with Crippen molar-refractivity contribution in [2.75, 3.05) is 26.2 Å². The highest BCUT2D eigenvalue weighted by molar-refractivity contribution is 5.85. The van der Waals surface area contributed by atoms with E-state index in [1.54, 1.807) is 4.90 Å². The number of hydrogen-bond donors (Lipinski definition) is 1. The van der Waals surface area contributed by atoms with Crippen molar-refractivity contribution in [2.45, 2.75) is 46.3 Å². The summed E-state index contributed by atoms with van der Waals surface area (Å²) in [6.07, 6.45) is 0.996. The Labute approximate surface area is 165 Å². The van der Waals surface area contributed by atoms with E-state index in [1.807, 2.05) is 20.8 Å². The molecule has 154 valence electrons. The second-order valence-electron chi connectivity index (χ2n) is 6.88. The first-order valence-electron chi connectivity index (χ1n) is 9.17. The van der Waals surface area contributed by atoms with Crippen LogP contribution in [0.15, 0.2) is 12.1 Å². The minimum absolute atomic E-state index is 0. The highest BCUT2D eigenvalue weighted by atomic mass is 35.5. The number of halogens is 3. The van der Waals surface area contributed by atoms with E-state index in [1.165, 1.54) is 6.07 Å². The van der Waals surface area contributed by atoms with Crippen LogP contribution in [-0.4, -0.2) is 43.3 Å². The Hall–Kier alpha value is -1.60. The van der Waals surface area contributed by atoms with Crippen LogP contribution in [-0.2, 0) is 11.3 Å². The fourth-order valence-corrected chi connectivity index (χ4v) is 2.81. The molecule has 0 spiro atoms. The standard InChI is InChI=1S/C19H28F2N2O3.ClH/c1-4-14-11-22-8-9-23(14)19(24)26-12-15-16(20)5-6-17(18(15)21)25-10-7-13(2)3;/h5-6,13-14,22H,4,7-12H2,1-3H3;1H/t14-;/m1./s1. The number of rotatable bonds is 7. The first-order chi connectivity index (χ1) is 12.4. The quantitative estimate of drug-likeness (QED) is 0.739. The molecule has 0 bridgehead atoms. The van der Waals surface area contributed by atoms with Crippen LogP contribution in [0.25, 0.3) is 0 Å². The zero-order chi connectivity index (χ0) is 19.1. The predicted octanol–water partition coefficient (Wildman–Crippen LogP) is 4.13. The largest absolute Gasteiger partial charge is 0.490 e. The summed E-state index contributed by atoms with van der Waals surface area (Å²) in [5, 5.41) is 3.21. The molecule has 1 aliphatic heterocycles. The molecule has 0 aromatic heterocycles. The topological polar surface area (TPSA) is 50.8 Å². The Morgan fingerprint density at radius 1 is 1.37 bits per heavy atom. The molecule has 0 unspecified atom stereocenters. The van der Waals surface area contributed by atoms with Gasteiger partial charge in [0, 0.05) is 25.7 Å². The number of piperazine rings is 1. The van der Waals surface area contributed by atoms with Gasteiger partial charge in [0.25, 0.3) is 0 Å². The Morgan fingerprint density at radius 2 is 2.11 bits per heavy atom. The molecule has 1 N–H and O–H groups in total. The van der Waals surface area contributed by atoms with E-state index in [4.69, 9.17) is 9.47 Å². The molecule has 1 aromatic carbocycles. The molecule has 5 nitrogen and oxygen atoms in total. The maximum absolute atomic E-state index is 14.5. The highest BCUT2D eigenvalue weighted by Gasteiger charge is 2.27. The molecular formula is C19H29ClF2N2O3. The van der Waals surface area contributed by atoms with Crippen molar-refractivity contribution in [2.24, 2.45) is 5.92 Å². The molecule has 0 saturated carbocycles. The molecule has 2 rings (SSSR count). The van der Waals surface area contributed by atoms with E-state index in [2.05, 4.69) is 5.32 Å². The number of hydrogen-bond acceptors (Lipinski definition) is 4. The maximum atomic E-state index is 14.5. The third kappa shape index (κ3) is 6.50. The Balaban J connectivity index is 0.00000364. The Morgan fingerprint density at radius 3 is 2.78 bits per heavy atom. The first kappa shape index (κ1) is 23.4. The molecule has 1 atom stereocenters. The Bertz CT molecular complexity index is 617. The molecule has 1 aliphatic rings. The van der Waals surface area contributed by atoms with Gasteiger partial charge in [-0.25, -0.2) is 13.6 Å². The van der Waals surface area contributed by atoms with Crippen LogP contribution in [0.4, 0.5) is 13.6 Å². The molecule has 0 aliphatic carbocycles. The van der Waals surface area contributed by atoms with Crippen LogP contribution in [0.2, 0.25) is 0 Å². The lowest BCUT2D eigenvalue weighted by Crippen LogP contribution is -2.53. The summed E-state index contributed by atoms with van der Waals surface area (Å²) in [5.74, 6) is -1.16. The van der Waals surface area contributed by atoms with Gasteiger partial charge >= 0.3 is 6.09 Å². The minimum Gasteiger partial charge on any atom is -0.490 e. The number of carbonyl (C=O) groups is 1. The number of nitrogens with one attached hydrogen (secondary N) is 1. The second kappa shape index (κ2) is 11.3. The highest BCUT2D eigenvalue weighted by Crippen LogP contribution is 2.25. The molecule has 0 radical (unpaired) electrons. The summed E-state index contributed by atoms with van der Waals surface area (Å²) in [6.45, 7) is 7.82. The van der Waals surface area contributed by atoms with Gasteiger partial charge in [0.15, 0.2) is 11.6 Å². The van der Waals surface area contributed by atoms with Gasteiger partial charge < -0.3 is 19.7 Å². The summed E-state index contributed by atoms with van der Waals surface area (Å²) in [4.78, 5) is 13.9. The third-order valence-electron chi connectivity index (χ3n) is 4.50. The lowest BCUT2D eigenvalue weighted by molar-refractivity contribution is 0.0697. The SMILES string of the molecule is CC[C@@H]1CNCCN1C(=O)OCc1c(F)ccc(OCCC(C)C)c1F.Cl. The zero-order valence-electron chi connectivity index (χ0n) is 16.1. The van der Waals surface area contributed by atoms with Crippen molar-refractivity contribution in [3.63, 3.8) is 0 Å². The van der Waals surface area contributed by atoms with E-state index in [-0.39, 0.29) is 29.8 Å². The van der Waals surface area contributed by atoms with Crippen LogP contribution in [0.3, 0.4) is 0 Å². The van der Waals surface area contributed by atoms with Crippen LogP contribution < -0.4 is 10.1 Å². The van der Waals surface area contributed by atoms with Crippen LogP contribution in [0.5, 0.6) is 5.75 Å². The molecular weight excluding hydrogens is 378 g/mol. The van der Waals surface area contributed by atoms with E-state index >= 15 is 0 Å². The van der Waals surface area contributed by atoms with Crippen molar-refractivity contribution < 1.29 is 23.0 Å². The molecule has 1 saturated heterocycles. The van der Waals surface area contributed by atoms with Gasteiger partial charge in [-0.2, -0.15) is 0 Å². The molecule has 1 fully saturated rings. The van der Waals surface area contributed by atoms with Gasteiger partial charge in [-0.1, -0.05) is 20.8 Å². The average Bonchev–Trinajstić information content (AvgIpc) is 2.63.